The molecule has 0 aromatic heterocycles. The van der Waals surface area contributed by atoms with Crippen LogP contribution in [0.5, 0.6) is 0 Å². The van der Waals surface area contributed by atoms with Gasteiger partial charge in [0.25, 0.3) is 5.91 Å². The molecule has 1 N–H and O–H groups in total. The Bertz CT molecular complexity index is 823. The van der Waals surface area contributed by atoms with Crippen LogP contribution in [0.4, 0.5) is 4.79 Å². The van der Waals surface area contributed by atoms with Crippen LogP contribution in [0, 0.1) is 0 Å². The van der Waals surface area contributed by atoms with Gasteiger partial charge in [-0.2, -0.15) is 0 Å². The average Bonchev–Trinajstić information content (AvgIpc) is 2.86. The molecule has 2 saturated heterocycles. The molecule has 2 aliphatic rings. The Kier molecular flexibility index (Phi) is 3.96. The number of carbonyl (C=O) groups excluding carboxylic acids is 2. The lowest BCUT2D eigenvalue weighted by molar-refractivity contribution is -0.132. The number of ether oxygens (including phenoxy) is 1. The van der Waals surface area contributed by atoms with E-state index in [1.165, 1.54) is 4.90 Å². The summed E-state index contributed by atoms with van der Waals surface area (Å²) < 4.78 is 5.71. The number of urea groups is 1. The Labute approximate surface area is 146 Å². The lowest BCUT2D eigenvalue weighted by Crippen LogP contribution is -2.42. The second-order valence-corrected chi connectivity index (χ2v) is 6.99. The fourth-order valence-corrected chi connectivity index (χ4v) is 3.86. The van der Waals surface area contributed by atoms with Crippen molar-refractivity contribution >= 4 is 22.7 Å². The maximum Gasteiger partial charge on any atom is 0.325 e. The van der Waals surface area contributed by atoms with Gasteiger partial charge in [-0.3, -0.25) is 9.69 Å². The minimum Gasteiger partial charge on any atom is -0.376 e. The molecule has 0 spiro atoms. The maximum atomic E-state index is 13.1. The highest BCUT2D eigenvalue weighted by atomic mass is 16.5. The van der Waals surface area contributed by atoms with Gasteiger partial charge in [0.15, 0.2) is 0 Å². The molecule has 2 aromatic carbocycles. The van der Waals surface area contributed by atoms with Gasteiger partial charge >= 0.3 is 6.03 Å². The van der Waals surface area contributed by atoms with E-state index in [-0.39, 0.29) is 18.0 Å². The molecule has 3 amide bonds. The van der Waals surface area contributed by atoms with Crippen LogP contribution in [0.2, 0.25) is 0 Å². The molecule has 5 nitrogen and oxygen atoms in total. The first kappa shape index (κ1) is 16.1. The minimum atomic E-state index is -1.05. The van der Waals surface area contributed by atoms with E-state index < -0.39 is 5.54 Å². The lowest BCUT2D eigenvalue weighted by Gasteiger charge is -2.27. The standard InChI is InChI=1S/C20H22N2O3/c1-20(17-11-6-8-14-7-2-3-10-16(14)17)18(23)22(19(24)21-20)13-15-9-4-5-12-25-15/h2-3,6-8,10-11,15H,4-5,9,12-13H2,1H3,(H,21,24). The fourth-order valence-electron chi connectivity index (χ4n) is 3.86. The molecular weight excluding hydrogens is 316 g/mol. The van der Waals surface area contributed by atoms with Gasteiger partial charge in [-0.15, -0.1) is 0 Å². The number of benzene rings is 2. The summed E-state index contributed by atoms with van der Waals surface area (Å²) in [6, 6.07) is 13.4. The summed E-state index contributed by atoms with van der Waals surface area (Å²) in [5, 5.41) is 4.95. The normalized spacial score (nSPS) is 26.9. The van der Waals surface area contributed by atoms with Crippen molar-refractivity contribution in [2.45, 2.75) is 37.8 Å². The van der Waals surface area contributed by atoms with Crippen LogP contribution in [-0.2, 0) is 15.1 Å². The largest absolute Gasteiger partial charge is 0.376 e. The Morgan fingerprint density at radius 3 is 2.76 bits per heavy atom. The van der Waals surface area contributed by atoms with Crippen molar-refractivity contribution in [2.24, 2.45) is 0 Å². The first-order chi connectivity index (χ1) is 12.1. The van der Waals surface area contributed by atoms with E-state index in [4.69, 9.17) is 4.74 Å². The maximum absolute atomic E-state index is 13.1. The molecule has 0 bridgehead atoms. The average molecular weight is 338 g/mol. The van der Waals surface area contributed by atoms with Crippen LogP contribution in [0.25, 0.3) is 10.8 Å². The highest BCUT2D eigenvalue weighted by Gasteiger charge is 2.50. The third kappa shape index (κ3) is 2.68. The lowest BCUT2D eigenvalue weighted by atomic mass is 9.87. The summed E-state index contributed by atoms with van der Waals surface area (Å²) in [6.45, 7) is 2.82. The topological polar surface area (TPSA) is 58.6 Å². The van der Waals surface area contributed by atoms with Gasteiger partial charge in [0.2, 0.25) is 0 Å². The highest BCUT2D eigenvalue weighted by Crippen LogP contribution is 2.34. The van der Waals surface area contributed by atoms with Crippen LogP contribution in [0.3, 0.4) is 0 Å². The predicted octanol–water partition coefficient (Wildman–Crippen LogP) is 3.18. The van der Waals surface area contributed by atoms with Crippen LogP contribution in [0.15, 0.2) is 42.5 Å². The number of nitrogens with zero attached hydrogens (tertiary/aromatic N) is 1. The second-order valence-electron chi connectivity index (χ2n) is 6.99. The first-order valence-corrected chi connectivity index (χ1v) is 8.83. The Balaban J connectivity index is 1.67. The molecule has 2 fully saturated rings. The molecule has 2 aliphatic heterocycles. The SMILES string of the molecule is CC1(c2cccc3ccccc23)NC(=O)N(CC2CCCCO2)C1=O. The number of nitrogens with one attached hydrogen (secondary N) is 1. The predicted molar refractivity (Wildman–Crippen MR) is 95.1 cm³/mol. The van der Waals surface area contributed by atoms with Gasteiger partial charge in [-0.25, -0.2) is 4.79 Å². The van der Waals surface area contributed by atoms with Gasteiger partial charge in [0.1, 0.15) is 5.54 Å². The van der Waals surface area contributed by atoms with Crippen molar-refractivity contribution in [2.75, 3.05) is 13.2 Å². The number of imide groups is 1. The molecule has 0 aliphatic carbocycles. The number of fused-ring (bicyclic) bond motifs is 1. The number of carbonyl (C=O) groups is 2. The zero-order valence-corrected chi connectivity index (χ0v) is 14.3. The van der Waals surface area contributed by atoms with Crippen molar-refractivity contribution in [1.29, 1.82) is 0 Å². The summed E-state index contributed by atoms with van der Waals surface area (Å²) in [4.78, 5) is 27.0. The van der Waals surface area contributed by atoms with Crippen molar-refractivity contribution in [3.8, 4) is 0 Å². The molecule has 2 unspecified atom stereocenters. The van der Waals surface area contributed by atoms with E-state index in [2.05, 4.69) is 5.32 Å². The third-order valence-corrected chi connectivity index (χ3v) is 5.26. The summed E-state index contributed by atoms with van der Waals surface area (Å²) in [5.41, 5.74) is -0.219. The van der Waals surface area contributed by atoms with Gasteiger partial charge in [0.05, 0.1) is 12.6 Å². The van der Waals surface area contributed by atoms with E-state index in [9.17, 15) is 9.59 Å². The molecule has 5 heteroatoms. The summed E-state index contributed by atoms with van der Waals surface area (Å²) in [5.74, 6) is -0.206. The molecular formula is C20H22N2O3. The van der Waals surface area contributed by atoms with Gasteiger partial charge < -0.3 is 10.1 Å². The van der Waals surface area contributed by atoms with Crippen LogP contribution in [0.1, 0.15) is 31.7 Å². The van der Waals surface area contributed by atoms with Crippen molar-refractivity contribution in [1.82, 2.24) is 10.2 Å². The number of rotatable bonds is 3. The van der Waals surface area contributed by atoms with E-state index in [0.717, 1.165) is 35.6 Å². The van der Waals surface area contributed by atoms with Crippen molar-refractivity contribution in [3.05, 3.63) is 48.0 Å². The quantitative estimate of drug-likeness (QED) is 0.875. The number of hydrogen-bond donors (Lipinski definition) is 1. The van der Waals surface area contributed by atoms with Crippen molar-refractivity contribution < 1.29 is 14.3 Å². The molecule has 0 saturated carbocycles. The van der Waals surface area contributed by atoms with Crippen molar-refractivity contribution in [3.63, 3.8) is 0 Å². The summed E-state index contributed by atoms with van der Waals surface area (Å²) >= 11 is 0. The first-order valence-electron chi connectivity index (χ1n) is 8.83. The third-order valence-electron chi connectivity index (χ3n) is 5.26. The van der Waals surface area contributed by atoms with Crippen LogP contribution in [-0.4, -0.2) is 36.1 Å². The molecule has 25 heavy (non-hydrogen) atoms. The van der Waals surface area contributed by atoms with E-state index in [0.29, 0.717) is 13.2 Å². The molecule has 130 valence electrons. The van der Waals surface area contributed by atoms with E-state index in [1.807, 2.05) is 42.5 Å². The van der Waals surface area contributed by atoms with Gasteiger partial charge in [-0.1, -0.05) is 42.5 Å². The summed E-state index contributed by atoms with van der Waals surface area (Å²) in [7, 11) is 0. The van der Waals surface area contributed by atoms with Gasteiger partial charge in [-0.05, 0) is 42.5 Å². The molecule has 2 heterocycles. The molecule has 0 radical (unpaired) electrons. The monoisotopic (exact) mass is 338 g/mol. The van der Waals surface area contributed by atoms with Crippen LogP contribution >= 0.6 is 0 Å². The fraction of sp³-hybridized carbons (Fsp3) is 0.400. The van der Waals surface area contributed by atoms with E-state index >= 15 is 0 Å². The molecule has 4 rings (SSSR count). The zero-order valence-electron chi connectivity index (χ0n) is 14.3. The van der Waals surface area contributed by atoms with Crippen LogP contribution < -0.4 is 5.32 Å². The zero-order chi connectivity index (χ0) is 17.4. The minimum absolute atomic E-state index is 0.0571. The highest BCUT2D eigenvalue weighted by molar-refractivity contribution is 6.09. The molecule has 2 aromatic rings. The number of hydrogen-bond acceptors (Lipinski definition) is 3. The smallest absolute Gasteiger partial charge is 0.325 e. The summed E-state index contributed by atoms with van der Waals surface area (Å²) in [6.07, 6.45) is 2.96. The second kappa shape index (κ2) is 6.15. The van der Waals surface area contributed by atoms with E-state index in [1.54, 1.807) is 6.92 Å². The Hall–Kier alpha value is -2.40. The Morgan fingerprint density at radius 1 is 1.16 bits per heavy atom. The number of amides is 3. The Morgan fingerprint density at radius 2 is 1.96 bits per heavy atom. The van der Waals surface area contributed by atoms with Gasteiger partial charge in [0, 0.05) is 6.61 Å². The molecule has 2 atom stereocenters.